The number of hydrogen-bond donors (Lipinski definition) is 2. The Kier molecular flexibility index (Phi) is 39.7. The molecule has 0 radical (unpaired) electrons. The van der Waals surface area contributed by atoms with Gasteiger partial charge in [-0.15, -0.1) is 0 Å². The van der Waals surface area contributed by atoms with Crippen molar-refractivity contribution >= 4 is 19.8 Å². The van der Waals surface area contributed by atoms with Crippen molar-refractivity contribution < 1.29 is 47.2 Å². The second kappa shape index (κ2) is 41.4. The van der Waals surface area contributed by atoms with Crippen molar-refractivity contribution in [3.63, 3.8) is 0 Å². The average Bonchev–Trinajstić information content (AvgIpc) is 3.21. The van der Waals surface area contributed by atoms with Gasteiger partial charge in [0.2, 0.25) is 0 Å². The molecule has 3 atom stereocenters. The molecule has 0 heterocycles. The number of aliphatic hydroxyl groups is 1. The highest BCUT2D eigenvalue weighted by atomic mass is 31.2. The van der Waals surface area contributed by atoms with Crippen LogP contribution in [0.3, 0.4) is 0 Å². The van der Waals surface area contributed by atoms with E-state index in [0.717, 1.165) is 51.4 Å². The topological polar surface area (TPSA) is 129 Å². The molecular weight excluding hydrogens is 790 g/mol. The van der Waals surface area contributed by atoms with E-state index < -0.39 is 38.6 Å². The van der Waals surface area contributed by atoms with E-state index in [0.29, 0.717) is 30.3 Å². The number of unbranched alkanes of at least 4 members (excludes halogenated alkanes) is 15. The van der Waals surface area contributed by atoms with Gasteiger partial charge in [-0.1, -0.05) is 157 Å². The summed E-state index contributed by atoms with van der Waals surface area (Å²) in [6.45, 7) is 4.13. The second-order valence-corrected chi connectivity index (χ2v) is 18.4. The number of rotatable bonds is 42. The molecule has 10 nitrogen and oxygen atoms in total. The monoisotopic (exact) mass is 879 g/mol. The summed E-state index contributed by atoms with van der Waals surface area (Å²) in [7, 11) is 1.36. The summed E-state index contributed by atoms with van der Waals surface area (Å²) in [5, 5.41) is 10.3. The lowest BCUT2D eigenvalue weighted by atomic mass is 10.1. The van der Waals surface area contributed by atoms with Crippen LogP contribution in [0.1, 0.15) is 174 Å². The van der Waals surface area contributed by atoms with Crippen LogP contribution in [-0.2, 0) is 32.7 Å². The minimum Gasteiger partial charge on any atom is -0.462 e. The largest absolute Gasteiger partial charge is 0.472 e. The summed E-state index contributed by atoms with van der Waals surface area (Å²) in [4.78, 5) is 35.5. The quantitative estimate of drug-likeness (QED) is 0.0154. The Morgan fingerprint density at radius 2 is 1.08 bits per heavy atom. The molecule has 0 amide bonds. The van der Waals surface area contributed by atoms with E-state index in [1.54, 1.807) is 12.2 Å². The Morgan fingerprint density at radius 3 is 1.64 bits per heavy atom. The lowest BCUT2D eigenvalue weighted by molar-refractivity contribution is -0.870. The van der Waals surface area contributed by atoms with E-state index >= 15 is 0 Å². The molecular formula is C50H89NO9P+. The number of carbonyl (C=O) groups is 2. The molecule has 1 unspecified atom stereocenters. The molecule has 352 valence electrons. The van der Waals surface area contributed by atoms with E-state index in [2.05, 4.69) is 62.5 Å². The Hall–Kier alpha value is -2.59. The highest BCUT2D eigenvalue weighted by Gasteiger charge is 2.27. The molecule has 11 heteroatoms. The van der Waals surface area contributed by atoms with Gasteiger partial charge in [-0.05, 0) is 77.0 Å². The molecule has 0 bridgehead atoms. The van der Waals surface area contributed by atoms with Crippen LogP contribution >= 0.6 is 7.82 Å². The number of esters is 2. The molecule has 0 saturated carbocycles. The molecule has 0 aromatic carbocycles. The Labute approximate surface area is 372 Å². The van der Waals surface area contributed by atoms with E-state index in [-0.39, 0.29) is 26.1 Å². The van der Waals surface area contributed by atoms with Crippen molar-refractivity contribution in [2.45, 2.75) is 187 Å². The maximum Gasteiger partial charge on any atom is 0.472 e. The normalized spacial score (nSPS) is 14.7. The molecule has 0 aliphatic rings. The zero-order valence-corrected chi connectivity index (χ0v) is 40.1. The van der Waals surface area contributed by atoms with Crippen LogP contribution in [0.5, 0.6) is 0 Å². The van der Waals surface area contributed by atoms with Gasteiger partial charge in [0.15, 0.2) is 6.10 Å². The predicted octanol–water partition coefficient (Wildman–Crippen LogP) is 12.8. The minimum atomic E-state index is -4.43. The number of likely N-dealkylation sites (N-methyl/N-ethyl adjacent to an activating group) is 1. The number of aliphatic hydroxyl groups excluding tert-OH is 1. The summed E-state index contributed by atoms with van der Waals surface area (Å²) in [5.41, 5.74) is 0. The Bertz CT molecular complexity index is 1280. The van der Waals surface area contributed by atoms with E-state index in [4.69, 9.17) is 18.5 Å². The van der Waals surface area contributed by atoms with Gasteiger partial charge in [-0.25, -0.2) is 4.57 Å². The van der Waals surface area contributed by atoms with Crippen molar-refractivity contribution in [3.8, 4) is 0 Å². The highest BCUT2D eigenvalue weighted by Crippen LogP contribution is 2.43. The van der Waals surface area contributed by atoms with Gasteiger partial charge in [0.25, 0.3) is 0 Å². The van der Waals surface area contributed by atoms with Crippen LogP contribution in [0.25, 0.3) is 0 Å². The van der Waals surface area contributed by atoms with Gasteiger partial charge >= 0.3 is 19.8 Å². The van der Waals surface area contributed by atoms with Crippen LogP contribution in [0.4, 0.5) is 0 Å². The van der Waals surface area contributed by atoms with Crippen LogP contribution in [0, 0.1) is 0 Å². The van der Waals surface area contributed by atoms with Crippen molar-refractivity contribution in [2.24, 2.45) is 0 Å². The number of quaternary nitrogens is 1. The third kappa shape index (κ3) is 45.3. The van der Waals surface area contributed by atoms with Crippen molar-refractivity contribution in [1.29, 1.82) is 0 Å². The summed E-state index contributed by atoms with van der Waals surface area (Å²) in [6, 6.07) is 0. The van der Waals surface area contributed by atoms with Crippen LogP contribution in [0.15, 0.2) is 72.9 Å². The number of allylic oxidation sites excluding steroid dienone is 11. The molecule has 0 rings (SSSR count). The van der Waals surface area contributed by atoms with Crippen LogP contribution in [-0.4, -0.2) is 86.1 Å². The number of carbonyl (C=O) groups excluding carboxylic acids is 2. The average molecular weight is 879 g/mol. The number of phosphoric ester groups is 1. The first-order chi connectivity index (χ1) is 29.4. The first-order valence-electron chi connectivity index (χ1n) is 23.8. The maximum atomic E-state index is 12.7. The van der Waals surface area contributed by atoms with Gasteiger partial charge < -0.3 is 24.0 Å². The van der Waals surface area contributed by atoms with Gasteiger partial charge in [0, 0.05) is 12.8 Å². The van der Waals surface area contributed by atoms with E-state index in [9.17, 15) is 24.2 Å². The summed E-state index contributed by atoms with van der Waals surface area (Å²) in [6.07, 6.45) is 48.3. The molecule has 0 aromatic heterocycles. The standard InChI is InChI=1S/C50H88NO9P/c1-6-8-10-12-14-16-18-20-21-22-23-24-25-27-29-31-33-35-37-41-50(54)60-48(46-59-61(55,56)58-44-43-51(3,4)5)45-57-49(53)42-38-40-47(52)39-36-34-32-30-28-26-19-17-15-13-11-9-7-2/h14-17,20-21,26,28,32,34,36,39,47-48,52H,6-13,18-19,22-25,27,29-31,33,35,37-38,40-46H2,1-5H3/p+1/b16-14-,17-15-,21-20-,28-26-,34-32-,39-36+/t47-,48-/m1/s1. The van der Waals surface area contributed by atoms with Crippen LogP contribution < -0.4 is 0 Å². The third-order valence-corrected chi connectivity index (χ3v) is 10.8. The Balaban J connectivity index is 4.50. The molecule has 0 spiro atoms. The fourth-order valence-electron chi connectivity index (χ4n) is 6.03. The second-order valence-electron chi connectivity index (χ2n) is 17.0. The number of nitrogens with zero attached hydrogens (tertiary/aromatic N) is 1. The summed E-state index contributed by atoms with van der Waals surface area (Å²) < 4.78 is 34.2. The van der Waals surface area contributed by atoms with Crippen molar-refractivity contribution in [1.82, 2.24) is 0 Å². The summed E-state index contributed by atoms with van der Waals surface area (Å²) in [5.74, 6) is -1.01. The maximum absolute atomic E-state index is 12.7. The molecule has 61 heavy (non-hydrogen) atoms. The van der Waals surface area contributed by atoms with Crippen molar-refractivity contribution in [2.75, 3.05) is 47.5 Å². The van der Waals surface area contributed by atoms with Gasteiger partial charge in [-0.3, -0.25) is 18.6 Å². The number of hydrogen-bond acceptors (Lipinski definition) is 8. The van der Waals surface area contributed by atoms with Gasteiger partial charge in [0.05, 0.1) is 33.9 Å². The number of ether oxygens (including phenoxy) is 2. The van der Waals surface area contributed by atoms with E-state index in [1.807, 2.05) is 33.3 Å². The van der Waals surface area contributed by atoms with Gasteiger partial charge in [-0.2, -0.15) is 0 Å². The molecule has 2 N–H and O–H groups in total. The van der Waals surface area contributed by atoms with Crippen LogP contribution in [0.2, 0.25) is 0 Å². The molecule has 0 fully saturated rings. The SMILES string of the molecule is CCCCC/C=C\C/C=C\C/C=C\C=C\[C@@H](O)CCCC(=O)OC[C@H](COP(=O)(O)OCC[N+](C)(C)C)OC(=O)CCCCCCCCCCC/C=C\C/C=C\CCCCC. The molecule has 0 saturated heterocycles. The minimum absolute atomic E-state index is 0.00206. The molecule has 0 aromatic rings. The first-order valence-corrected chi connectivity index (χ1v) is 25.3. The fourth-order valence-corrected chi connectivity index (χ4v) is 6.77. The van der Waals surface area contributed by atoms with Crippen molar-refractivity contribution in [3.05, 3.63) is 72.9 Å². The lowest BCUT2D eigenvalue weighted by Crippen LogP contribution is -2.37. The lowest BCUT2D eigenvalue weighted by Gasteiger charge is -2.24. The number of phosphoric acid groups is 1. The smallest absolute Gasteiger partial charge is 0.462 e. The zero-order valence-electron chi connectivity index (χ0n) is 39.2. The summed E-state index contributed by atoms with van der Waals surface area (Å²) >= 11 is 0. The molecule has 0 aliphatic carbocycles. The third-order valence-electron chi connectivity index (χ3n) is 9.81. The first kappa shape index (κ1) is 58.4. The predicted molar refractivity (Wildman–Crippen MR) is 253 cm³/mol. The molecule has 0 aliphatic heterocycles. The highest BCUT2D eigenvalue weighted by molar-refractivity contribution is 7.47. The zero-order chi connectivity index (χ0) is 45.1. The Morgan fingerprint density at radius 1 is 0.590 bits per heavy atom. The fraction of sp³-hybridized carbons (Fsp3) is 0.720. The van der Waals surface area contributed by atoms with Gasteiger partial charge in [0.1, 0.15) is 19.8 Å². The van der Waals surface area contributed by atoms with E-state index in [1.165, 1.54) is 77.0 Å².